The zero-order valence-electron chi connectivity index (χ0n) is 15.3. The number of benzene rings is 1. The molecule has 0 aliphatic carbocycles. The number of rotatable bonds is 6. The first-order chi connectivity index (χ1) is 12.1. The predicted molar refractivity (Wildman–Crippen MR) is 112 cm³/mol. The van der Waals surface area contributed by atoms with Crippen molar-refractivity contribution in [2.75, 3.05) is 12.0 Å². The Morgan fingerprint density at radius 1 is 1.35 bits per heavy atom. The molecule has 4 nitrogen and oxygen atoms in total. The summed E-state index contributed by atoms with van der Waals surface area (Å²) in [5.74, 6) is -1.02. The van der Waals surface area contributed by atoms with Crippen LogP contribution in [-0.4, -0.2) is 39.1 Å². The average molecular weight is 409 g/mol. The summed E-state index contributed by atoms with van der Waals surface area (Å²) in [6, 6.07) is 6.96. The van der Waals surface area contributed by atoms with Crippen molar-refractivity contribution in [3.05, 3.63) is 40.3 Å². The van der Waals surface area contributed by atoms with E-state index in [1.165, 1.54) is 22.2 Å². The monoisotopic (exact) mass is 408 g/mol. The molecule has 140 valence electrons. The highest BCUT2D eigenvalue weighted by atomic mass is 32.2. The van der Waals surface area contributed by atoms with E-state index in [0.29, 0.717) is 17.1 Å². The molecule has 2 rings (SSSR count). The van der Waals surface area contributed by atoms with E-state index in [9.17, 15) is 14.7 Å². The minimum atomic E-state index is -1.27. The lowest BCUT2D eigenvalue weighted by Crippen LogP contribution is -2.50. The molecular formula is C19H22NO3S3-. The molecule has 7 heteroatoms. The van der Waals surface area contributed by atoms with Crippen LogP contribution in [0.4, 0.5) is 0 Å². The summed E-state index contributed by atoms with van der Waals surface area (Å²) >= 11 is 7.91. The molecular weight excluding hydrogens is 386 g/mol. The Balaban J connectivity index is 2.24. The lowest BCUT2D eigenvalue weighted by atomic mass is 9.87. The van der Waals surface area contributed by atoms with Crippen molar-refractivity contribution in [3.8, 4) is 0 Å². The normalized spacial score (nSPS) is 17.8. The van der Waals surface area contributed by atoms with Gasteiger partial charge in [-0.25, -0.2) is 0 Å². The standard InChI is InChI=1S/C19H23NO3S3/c1-19(2,3)13-7-5-12(6-8-13)11-15-16(21)20(18(24)26-15)14(17(22)23)9-10-25-4/h5-8,11,14H,9-10H2,1-4H3,(H,22,23)/p-1/b15-11+/t14-/m0/s1. The van der Waals surface area contributed by atoms with Gasteiger partial charge in [-0.05, 0) is 41.0 Å². The highest BCUT2D eigenvalue weighted by Crippen LogP contribution is 2.35. The highest BCUT2D eigenvalue weighted by molar-refractivity contribution is 8.26. The third-order valence-electron chi connectivity index (χ3n) is 4.08. The Bertz CT molecular complexity index is 735. The van der Waals surface area contributed by atoms with Crippen molar-refractivity contribution in [3.63, 3.8) is 0 Å². The largest absolute Gasteiger partial charge is 0.548 e. The Kier molecular flexibility index (Phi) is 6.93. The van der Waals surface area contributed by atoms with E-state index < -0.39 is 12.0 Å². The molecule has 0 saturated carbocycles. The van der Waals surface area contributed by atoms with Crippen molar-refractivity contribution in [2.45, 2.75) is 38.6 Å². The summed E-state index contributed by atoms with van der Waals surface area (Å²) < 4.78 is 0.267. The molecule has 0 radical (unpaired) electrons. The van der Waals surface area contributed by atoms with Gasteiger partial charge in [0.2, 0.25) is 0 Å². The van der Waals surface area contributed by atoms with Crippen LogP contribution in [0.5, 0.6) is 0 Å². The van der Waals surface area contributed by atoms with Gasteiger partial charge >= 0.3 is 0 Å². The van der Waals surface area contributed by atoms with E-state index in [-0.39, 0.29) is 15.6 Å². The van der Waals surface area contributed by atoms with Crippen molar-refractivity contribution in [1.29, 1.82) is 0 Å². The highest BCUT2D eigenvalue weighted by Gasteiger charge is 2.37. The molecule has 1 heterocycles. The molecule has 1 saturated heterocycles. The van der Waals surface area contributed by atoms with Crippen LogP contribution < -0.4 is 5.11 Å². The van der Waals surface area contributed by atoms with E-state index >= 15 is 0 Å². The van der Waals surface area contributed by atoms with E-state index in [1.807, 2.05) is 30.5 Å². The van der Waals surface area contributed by atoms with E-state index in [1.54, 1.807) is 6.08 Å². The fraction of sp³-hybridized carbons (Fsp3) is 0.421. The molecule has 0 aromatic heterocycles. The molecule has 1 aromatic rings. The molecule has 1 amide bonds. The van der Waals surface area contributed by atoms with Crippen molar-refractivity contribution in [2.24, 2.45) is 0 Å². The second-order valence-electron chi connectivity index (χ2n) is 7.04. The first-order valence-corrected chi connectivity index (χ1v) is 10.8. The first kappa shape index (κ1) is 21.0. The Morgan fingerprint density at radius 2 is 1.96 bits per heavy atom. The van der Waals surface area contributed by atoms with E-state index in [2.05, 4.69) is 20.8 Å². The van der Waals surface area contributed by atoms with Gasteiger partial charge in [-0.15, -0.1) is 0 Å². The number of hydrogen-bond acceptors (Lipinski definition) is 6. The summed E-state index contributed by atoms with van der Waals surface area (Å²) in [6.07, 6.45) is 3.95. The number of amides is 1. The minimum Gasteiger partial charge on any atom is -0.548 e. The number of carboxylic acid groups (broad SMARTS) is 1. The maximum atomic E-state index is 12.7. The summed E-state index contributed by atoms with van der Waals surface area (Å²) in [7, 11) is 0. The number of thiocarbonyl (C=S) groups is 1. The molecule has 1 aliphatic heterocycles. The Morgan fingerprint density at radius 3 is 2.46 bits per heavy atom. The fourth-order valence-corrected chi connectivity index (χ4v) is 4.38. The van der Waals surface area contributed by atoms with Crippen LogP contribution in [0.3, 0.4) is 0 Å². The van der Waals surface area contributed by atoms with Crippen molar-refractivity contribution < 1.29 is 14.7 Å². The molecule has 0 unspecified atom stereocenters. The maximum Gasteiger partial charge on any atom is 0.266 e. The molecule has 1 atom stereocenters. The van der Waals surface area contributed by atoms with Crippen LogP contribution >= 0.6 is 35.7 Å². The number of hydrogen-bond donors (Lipinski definition) is 0. The molecule has 0 spiro atoms. The molecule has 0 N–H and O–H groups in total. The predicted octanol–water partition coefficient (Wildman–Crippen LogP) is 3.06. The average Bonchev–Trinajstić information content (AvgIpc) is 2.82. The number of aliphatic carboxylic acids is 1. The van der Waals surface area contributed by atoms with Gasteiger partial charge in [-0.1, -0.05) is 69.0 Å². The second kappa shape index (κ2) is 8.59. The van der Waals surface area contributed by atoms with E-state index in [4.69, 9.17) is 12.2 Å². The zero-order chi connectivity index (χ0) is 19.5. The molecule has 1 aliphatic rings. The third kappa shape index (κ3) is 4.90. The Hall–Kier alpha value is -1.31. The number of carbonyl (C=O) groups excluding carboxylic acids is 2. The van der Waals surface area contributed by atoms with Gasteiger partial charge in [-0.3, -0.25) is 9.69 Å². The van der Waals surface area contributed by atoms with Gasteiger partial charge in [0.15, 0.2) is 0 Å². The van der Waals surface area contributed by atoms with Crippen LogP contribution in [0.1, 0.15) is 38.3 Å². The smallest absolute Gasteiger partial charge is 0.266 e. The number of carboxylic acids is 1. The fourth-order valence-electron chi connectivity index (χ4n) is 2.56. The van der Waals surface area contributed by atoms with Crippen molar-refractivity contribution in [1.82, 2.24) is 4.90 Å². The summed E-state index contributed by atoms with van der Waals surface area (Å²) in [6.45, 7) is 6.42. The van der Waals surface area contributed by atoms with Crippen molar-refractivity contribution >= 4 is 58.0 Å². The van der Waals surface area contributed by atoms with Crippen LogP contribution in [-0.2, 0) is 15.0 Å². The van der Waals surface area contributed by atoms with Crippen LogP contribution in [0.15, 0.2) is 29.2 Å². The third-order valence-corrected chi connectivity index (χ3v) is 6.05. The van der Waals surface area contributed by atoms with Gasteiger partial charge in [0, 0.05) is 0 Å². The quantitative estimate of drug-likeness (QED) is 0.533. The van der Waals surface area contributed by atoms with Crippen LogP contribution in [0.2, 0.25) is 0 Å². The second-order valence-corrected chi connectivity index (χ2v) is 9.70. The number of carbonyl (C=O) groups is 2. The molecule has 0 bridgehead atoms. The Labute approximate surface area is 168 Å². The first-order valence-electron chi connectivity index (χ1n) is 8.22. The van der Waals surface area contributed by atoms with E-state index in [0.717, 1.165) is 17.3 Å². The van der Waals surface area contributed by atoms with Crippen LogP contribution in [0, 0.1) is 0 Å². The zero-order valence-corrected chi connectivity index (χ0v) is 17.7. The lowest BCUT2D eigenvalue weighted by Gasteiger charge is -2.27. The molecule has 1 fully saturated rings. The van der Waals surface area contributed by atoms with Crippen LogP contribution in [0.25, 0.3) is 6.08 Å². The summed E-state index contributed by atoms with van der Waals surface area (Å²) in [5.41, 5.74) is 2.14. The molecule has 26 heavy (non-hydrogen) atoms. The van der Waals surface area contributed by atoms with Gasteiger partial charge in [0.05, 0.1) is 16.9 Å². The van der Waals surface area contributed by atoms with Gasteiger partial charge in [0.1, 0.15) is 4.32 Å². The van der Waals surface area contributed by atoms with Gasteiger partial charge in [-0.2, -0.15) is 11.8 Å². The number of thioether (sulfide) groups is 2. The minimum absolute atomic E-state index is 0.0565. The van der Waals surface area contributed by atoms with Gasteiger partial charge in [0.25, 0.3) is 5.91 Å². The lowest BCUT2D eigenvalue weighted by molar-refractivity contribution is -0.310. The van der Waals surface area contributed by atoms with Gasteiger partial charge < -0.3 is 9.90 Å². The maximum absolute atomic E-state index is 12.7. The summed E-state index contributed by atoms with van der Waals surface area (Å²) in [4.78, 5) is 25.8. The summed E-state index contributed by atoms with van der Waals surface area (Å²) in [5, 5.41) is 11.5. The topological polar surface area (TPSA) is 60.4 Å². The number of nitrogens with zero attached hydrogens (tertiary/aromatic N) is 1. The SMILES string of the molecule is CSCC[C@@H](C(=O)[O-])N1C(=O)/C(=C\c2ccc(C(C)(C)C)cc2)SC1=S. The molecule has 1 aromatic carbocycles.